The van der Waals surface area contributed by atoms with Crippen LogP contribution in [0.4, 0.5) is 5.69 Å². The molecular weight excluding hydrogens is 292 g/mol. The molecule has 0 fully saturated rings. The van der Waals surface area contributed by atoms with Gasteiger partial charge in [0.25, 0.3) is 0 Å². The Balaban J connectivity index is 3.02. The Labute approximate surface area is 126 Å². The van der Waals surface area contributed by atoms with Gasteiger partial charge in [0.15, 0.2) is 0 Å². The van der Waals surface area contributed by atoms with Crippen LogP contribution in [0.15, 0.2) is 24.3 Å². The van der Waals surface area contributed by atoms with Crippen molar-refractivity contribution in [2.75, 3.05) is 31.2 Å². The molecule has 1 rings (SSSR count). The largest absolute Gasteiger partial charge is 0.491 e. The molecule has 118 valence electrons. The van der Waals surface area contributed by atoms with Gasteiger partial charge in [0.1, 0.15) is 12.3 Å². The Hall–Kier alpha value is -1.76. The average Bonchev–Trinajstić information content (AvgIpc) is 2.34. The van der Waals surface area contributed by atoms with Gasteiger partial charge in [-0.15, -0.1) is 0 Å². The SMILES string of the molecule is CC(C)Oc1ccc(N(CC(=O)N(C)C)S(C)(=O)=O)cc1. The Morgan fingerprint density at radius 1 is 1.19 bits per heavy atom. The molecule has 0 atom stereocenters. The lowest BCUT2D eigenvalue weighted by molar-refractivity contribution is -0.127. The monoisotopic (exact) mass is 314 g/mol. The maximum atomic E-state index is 11.9. The Kier molecular flexibility index (Phi) is 5.60. The van der Waals surface area contributed by atoms with E-state index in [2.05, 4.69) is 0 Å². The van der Waals surface area contributed by atoms with Crippen molar-refractivity contribution in [3.05, 3.63) is 24.3 Å². The molecule has 0 aliphatic heterocycles. The summed E-state index contributed by atoms with van der Waals surface area (Å²) < 4.78 is 30.3. The van der Waals surface area contributed by atoms with E-state index in [1.54, 1.807) is 38.4 Å². The van der Waals surface area contributed by atoms with Crippen LogP contribution in [0.5, 0.6) is 5.75 Å². The lowest BCUT2D eigenvalue weighted by atomic mass is 10.3. The van der Waals surface area contributed by atoms with E-state index in [9.17, 15) is 13.2 Å². The summed E-state index contributed by atoms with van der Waals surface area (Å²) in [6.45, 7) is 3.59. The molecule has 0 unspecified atom stereocenters. The van der Waals surface area contributed by atoms with Crippen molar-refractivity contribution in [1.82, 2.24) is 4.90 Å². The summed E-state index contributed by atoms with van der Waals surface area (Å²) in [5.74, 6) is 0.365. The summed E-state index contributed by atoms with van der Waals surface area (Å²) >= 11 is 0. The number of ether oxygens (including phenoxy) is 1. The van der Waals surface area contributed by atoms with E-state index in [0.717, 1.165) is 10.6 Å². The third-order valence-electron chi connectivity index (χ3n) is 2.67. The van der Waals surface area contributed by atoms with Crippen LogP contribution in [-0.2, 0) is 14.8 Å². The van der Waals surface area contributed by atoms with Crippen molar-refractivity contribution < 1.29 is 17.9 Å². The Morgan fingerprint density at radius 3 is 2.10 bits per heavy atom. The standard InChI is InChI=1S/C14H22N2O4S/c1-11(2)20-13-8-6-12(7-9-13)16(21(5,18)19)10-14(17)15(3)4/h6-9,11H,10H2,1-5H3. The summed E-state index contributed by atoms with van der Waals surface area (Å²) in [6, 6.07) is 6.63. The van der Waals surface area contributed by atoms with Crippen LogP contribution in [0.25, 0.3) is 0 Å². The maximum absolute atomic E-state index is 11.9. The van der Waals surface area contributed by atoms with Crippen molar-refractivity contribution in [3.8, 4) is 5.75 Å². The van der Waals surface area contributed by atoms with Gasteiger partial charge in [0.2, 0.25) is 15.9 Å². The molecule has 0 N–H and O–H groups in total. The molecule has 1 aromatic rings. The zero-order valence-electron chi connectivity index (χ0n) is 13.0. The third-order valence-corrected chi connectivity index (χ3v) is 3.82. The highest BCUT2D eigenvalue weighted by Gasteiger charge is 2.21. The van der Waals surface area contributed by atoms with E-state index in [1.165, 1.54) is 4.90 Å². The molecule has 0 aliphatic carbocycles. The molecule has 1 aromatic carbocycles. The van der Waals surface area contributed by atoms with Crippen molar-refractivity contribution in [1.29, 1.82) is 0 Å². The highest BCUT2D eigenvalue weighted by atomic mass is 32.2. The lowest BCUT2D eigenvalue weighted by Crippen LogP contribution is -2.39. The number of amides is 1. The Morgan fingerprint density at radius 2 is 1.71 bits per heavy atom. The summed E-state index contributed by atoms with van der Waals surface area (Å²) in [7, 11) is -0.366. The predicted molar refractivity (Wildman–Crippen MR) is 83.1 cm³/mol. The van der Waals surface area contributed by atoms with Gasteiger partial charge >= 0.3 is 0 Å². The van der Waals surface area contributed by atoms with Gasteiger partial charge in [-0.05, 0) is 38.1 Å². The number of rotatable bonds is 6. The molecule has 0 aromatic heterocycles. The van der Waals surface area contributed by atoms with Crippen LogP contribution < -0.4 is 9.04 Å². The van der Waals surface area contributed by atoms with Gasteiger partial charge in [-0.25, -0.2) is 8.42 Å². The summed E-state index contributed by atoms with van der Waals surface area (Å²) in [6.07, 6.45) is 1.12. The van der Waals surface area contributed by atoms with E-state index < -0.39 is 10.0 Å². The van der Waals surface area contributed by atoms with E-state index in [0.29, 0.717) is 11.4 Å². The first kappa shape index (κ1) is 17.3. The fraction of sp³-hybridized carbons (Fsp3) is 0.500. The number of carbonyl (C=O) groups is 1. The number of hydrogen-bond acceptors (Lipinski definition) is 4. The van der Waals surface area contributed by atoms with Crippen LogP contribution in [0.3, 0.4) is 0 Å². The molecular formula is C14H22N2O4S. The molecule has 0 saturated carbocycles. The number of sulfonamides is 1. The van der Waals surface area contributed by atoms with Crippen molar-refractivity contribution >= 4 is 21.6 Å². The number of hydrogen-bond donors (Lipinski definition) is 0. The highest BCUT2D eigenvalue weighted by molar-refractivity contribution is 7.92. The molecule has 1 amide bonds. The molecule has 0 radical (unpaired) electrons. The minimum Gasteiger partial charge on any atom is -0.491 e. The quantitative estimate of drug-likeness (QED) is 0.794. The number of carbonyl (C=O) groups excluding carboxylic acids is 1. The van der Waals surface area contributed by atoms with E-state index >= 15 is 0 Å². The first-order valence-electron chi connectivity index (χ1n) is 6.56. The summed E-state index contributed by atoms with van der Waals surface area (Å²) in [5.41, 5.74) is 0.434. The molecule has 0 aliphatic rings. The second-order valence-electron chi connectivity index (χ2n) is 5.22. The van der Waals surface area contributed by atoms with Crippen molar-refractivity contribution in [2.24, 2.45) is 0 Å². The van der Waals surface area contributed by atoms with Gasteiger partial charge in [-0.1, -0.05) is 0 Å². The fourth-order valence-electron chi connectivity index (χ4n) is 1.63. The summed E-state index contributed by atoms with van der Waals surface area (Å²) in [4.78, 5) is 13.1. The second-order valence-corrected chi connectivity index (χ2v) is 7.13. The molecule has 7 heteroatoms. The van der Waals surface area contributed by atoms with Gasteiger partial charge in [0.05, 0.1) is 18.0 Å². The molecule has 6 nitrogen and oxygen atoms in total. The maximum Gasteiger partial charge on any atom is 0.242 e. The zero-order chi connectivity index (χ0) is 16.2. The van der Waals surface area contributed by atoms with Crippen molar-refractivity contribution in [2.45, 2.75) is 20.0 Å². The molecule has 21 heavy (non-hydrogen) atoms. The topological polar surface area (TPSA) is 66.9 Å². The van der Waals surface area contributed by atoms with Crippen LogP contribution in [0, 0.1) is 0 Å². The normalized spacial score (nSPS) is 11.3. The van der Waals surface area contributed by atoms with E-state index in [-0.39, 0.29) is 18.6 Å². The van der Waals surface area contributed by atoms with E-state index in [4.69, 9.17) is 4.74 Å². The zero-order valence-corrected chi connectivity index (χ0v) is 13.8. The van der Waals surface area contributed by atoms with Gasteiger partial charge in [-0.2, -0.15) is 0 Å². The third kappa shape index (κ3) is 5.26. The fourth-order valence-corrected chi connectivity index (χ4v) is 2.48. The number of benzene rings is 1. The van der Waals surface area contributed by atoms with Gasteiger partial charge < -0.3 is 9.64 Å². The number of nitrogens with zero attached hydrogens (tertiary/aromatic N) is 2. The first-order valence-corrected chi connectivity index (χ1v) is 8.40. The van der Waals surface area contributed by atoms with Gasteiger partial charge in [0, 0.05) is 14.1 Å². The van der Waals surface area contributed by atoms with Crippen LogP contribution in [-0.4, -0.2) is 52.2 Å². The van der Waals surface area contributed by atoms with Crippen LogP contribution in [0.2, 0.25) is 0 Å². The Bertz CT molecular complexity index is 579. The second kappa shape index (κ2) is 6.80. The minimum atomic E-state index is -3.54. The minimum absolute atomic E-state index is 0.0391. The van der Waals surface area contributed by atoms with Gasteiger partial charge in [-0.3, -0.25) is 9.10 Å². The number of likely N-dealkylation sites (N-methyl/N-ethyl adjacent to an activating group) is 1. The first-order chi connectivity index (χ1) is 9.61. The van der Waals surface area contributed by atoms with E-state index in [1.807, 2.05) is 13.8 Å². The average molecular weight is 314 g/mol. The van der Waals surface area contributed by atoms with Crippen LogP contribution >= 0.6 is 0 Å². The summed E-state index contributed by atoms with van der Waals surface area (Å²) in [5, 5.41) is 0. The molecule has 0 heterocycles. The predicted octanol–water partition coefficient (Wildman–Crippen LogP) is 1.33. The highest BCUT2D eigenvalue weighted by Crippen LogP contribution is 2.22. The molecule has 0 bridgehead atoms. The number of anilines is 1. The lowest BCUT2D eigenvalue weighted by Gasteiger charge is -2.23. The smallest absolute Gasteiger partial charge is 0.242 e. The van der Waals surface area contributed by atoms with Crippen molar-refractivity contribution in [3.63, 3.8) is 0 Å². The molecule has 0 spiro atoms. The molecule has 0 saturated heterocycles. The van der Waals surface area contributed by atoms with Crippen LogP contribution in [0.1, 0.15) is 13.8 Å².